The number of para-hydroxylation sites is 1. The van der Waals surface area contributed by atoms with Crippen LogP contribution in [0.5, 0.6) is 0 Å². The molecule has 0 aromatic heterocycles. The van der Waals surface area contributed by atoms with Gasteiger partial charge in [-0.3, -0.25) is 0 Å². The minimum atomic E-state index is -3.51. The molecule has 0 bridgehead atoms. The molecule has 0 aliphatic heterocycles. The second kappa shape index (κ2) is 4.96. The summed E-state index contributed by atoms with van der Waals surface area (Å²) in [6, 6.07) is 8.94. The van der Waals surface area contributed by atoms with E-state index in [0.29, 0.717) is 5.69 Å². The summed E-state index contributed by atoms with van der Waals surface area (Å²) in [5.41, 5.74) is 7.18. The Morgan fingerprint density at radius 1 is 1.39 bits per heavy atom. The van der Waals surface area contributed by atoms with Crippen LogP contribution in [-0.4, -0.2) is 24.5 Å². The molecule has 1 aromatic carbocycles. The van der Waals surface area contributed by atoms with Crippen molar-refractivity contribution in [1.82, 2.24) is 4.31 Å². The van der Waals surface area contributed by atoms with Gasteiger partial charge in [0.1, 0.15) is 0 Å². The van der Waals surface area contributed by atoms with E-state index < -0.39 is 15.8 Å². The van der Waals surface area contributed by atoms with Crippen LogP contribution in [0.1, 0.15) is 18.4 Å². The highest BCUT2D eigenvalue weighted by molar-refractivity contribution is 7.89. The molecule has 0 atom stereocenters. The van der Waals surface area contributed by atoms with Gasteiger partial charge in [-0.25, -0.2) is 8.42 Å². The maximum atomic E-state index is 12.0. The number of rotatable bonds is 5. The van der Waals surface area contributed by atoms with Crippen molar-refractivity contribution in [1.29, 1.82) is 5.26 Å². The number of benzene rings is 1. The van der Waals surface area contributed by atoms with Crippen molar-refractivity contribution in [3.8, 4) is 6.07 Å². The van der Waals surface area contributed by atoms with E-state index in [2.05, 4.69) is 0 Å². The fourth-order valence-corrected chi connectivity index (χ4v) is 3.16. The number of nitrogens with zero attached hydrogens (tertiary/aromatic N) is 2. The molecule has 1 fully saturated rings. The number of nitrogens with two attached hydrogens (primary N) is 1. The zero-order valence-corrected chi connectivity index (χ0v) is 10.7. The molecular formula is C12H15N3O2S. The van der Waals surface area contributed by atoms with Crippen molar-refractivity contribution in [2.24, 2.45) is 0 Å². The normalized spacial score (nSPS) is 15.6. The molecule has 2 rings (SSSR count). The third kappa shape index (κ3) is 2.81. The standard InChI is InChI=1S/C12H15N3O2S/c13-7-8-18(16,17)15(11-5-6-11)9-10-3-1-2-4-12(10)14/h1-4,11H,5-6,8-9,14H2. The Bertz CT molecular complexity index is 573. The number of nitrogen functional groups attached to an aromatic ring is 1. The van der Waals surface area contributed by atoms with Crippen LogP contribution < -0.4 is 5.73 Å². The second-order valence-electron chi connectivity index (χ2n) is 4.39. The van der Waals surface area contributed by atoms with Gasteiger partial charge in [0.05, 0.1) is 6.07 Å². The first-order chi connectivity index (χ1) is 8.54. The maximum Gasteiger partial charge on any atom is 0.228 e. The first-order valence-electron chi connectivity index (χ1n) is 5.74. The van der Waals surface area contributed by atoms with Gasteiger partial charge in [0, 0.05) is 18.3 Å². The average Bonchev–Trinajstić information content (AvgIpc) is 3.11. The molecule has 0 spiro atoms. The molecule has 0 heterocycles. The van der Waals surface area contributed by atoms with Gasteiger partial charge in [0.15, 0.2) is 5.75 Å². The molecule has 5 nitrogen and oxygen atoms in total. The Kier molecular flexibility index (Phi) is 3.55. The van der Waals surface area contributed by atoms with E-state index in [1.165, 1.54) is 4.31 Å². The van der Waals surface area contributed by atoms with Crippen LogP contribution >= 0.6 is 0 Å². The molecule has 0 radical (unpaired) electrons. The Morgan fingerprint density at radius 3 is 2.61 bits per heavy atom. The minimum absolute atomic E-state index is 0.0305. The molecule has 18 heavy (non-hydrogen) atoms. The van der Waals surface area contributed by atoms with Crippen LogP contribution in [0.25, 0.3) is 0 Å². The van der Waals surface area contributed by atoms with Crippen molar-refractivity contribution in [3.63, 3.8) is 0 Å². The van der Waals surface area contributed by atoms with Crippen LogP contribution in [-0.2, 0) is 16.6 Å². The quantitative estimate of drug-likeness (QED) is 0.807. The van der Waals surface area contributed by atoms with E-state index in [1.807, 2.05) is 18.2 Å². The Hall–Kier alpha value is -1.58. The summed E-state index contributed by atoms with van der Waals surface area (Å²) in [6.07, 6.45) is 1.72. The van der Waals surface area contributed by atoms with Crippen molar-refractivity contribution in [2.75, 3.05) is 11.5 Å². The number of hydrogen-bond donors (Lipinski definition) is 1. The highest BCUT2D eigenvalue weighted by Crippen LogP contribution is 2.31. The van der Waals surface area contributed by atoms with E-state index in [0.717, 1.165) is 18.4 Å². The van der Waals surface area contributed by atoms with Gasteiger partial charge in [-0.1, -0.05) is 18.2 Å². The largest absolute Gasteiger partial charge is 0.398 e. The van der Waals surface area contributed by atoms with Crippen LogP contribution in [0, 0.1) is 11.3 Å². The monoisotopic (exact) mass is 265 g/mol. The topological polar surface area (TPSA) is 87.2 Å². The molecule has 6 heteroatoms. The summed E-state index contributed by atoms with van der Waals surface area (Å²) >= 11 is 0. The minimum Gasteiger partial charge on any atom is -0.398 e. The molecule has 96 valence electrons. The number of anilines is 1. The van der Waals surface area contributed by atoms with Crippen LogP contribution in [0.4, 0.5) is 5.69 Å². The van der Waals surface area contributed by atoms with Gasteiger partial charge in [-0.15, -0.1) is 0 Å². The molecule has 1 aromatic rings. The zero-order valence-electron chi connectivity index (χ0n) is 9.91. The highest BCUT2D eigenvalue weighted by Gasteiger charge is 2.37. The lowest BCUT2D eigenvalue weighted by molar-refractivity contribution is 0.401. The Labute approximate surface area is 107 Å². The summed E-state index contributed by atoms with van der Waals surface area (Å²) in [5.74, 6) is -0.476. The van der Waals surface area contributed by atoms with Gasteiger partial charge in [0.25, 0.3) is 0 Å². The van der Waals surface area contributed by atoms with Gasteiger partial charge < -0.3 is 5.73 Å². The summed E-state index contributed by atoms with van der Waals surface area (Å²) in [6.45, 7) is 0.251. The van der Waals surface area contributed by atoms with Gasteiger partial charge in [-0.2, -0.15) is 9.57 Å². The summed E-state index contributed by atoms with van der Waals surface area (Å²) in [7, 11) is -3.51. The number of nitriles is 1. The third-order valence-corrected chi connectivity index (χ3v) is 4.58. The molecule has 1 aliphatic carbocycles. The lowest BCUT2D eigenvalue weighted by Crippen LogP contribution is -2.34. The fourth-order valence-electron chi connectivity index (χ4n) is 1.83. The van der Waals surface area contributed by atoms with Gasteiger partial charge in [0.2, 0.25) is 10.0 Å². The Morgan fingerprint density at radius 2 is 2.06 bits per heavy atom. The third-order valence-electron chi connectivity index (χ3n) is 2.94. The van der Waals surface area contributed by atoms with Crippen molar-refractivity contribution >= 4 is 15.7 Å². The maximum absolute atomic E-state index is 12.0. The smallest absolute Gasteiger partial charge is 0.228 e. The summed E-state index contributed by atoms with van der Waals surface area (Å²) in [5, 5.41) is 8.59. The van der Waals surface area contributed by atoms with Gasteiger partial charge in [-0.05, 0) is 24.5 Å². The molecular weight excluding hydrogens is 250 g/mol. The zero-order chi connectivity index (χ0) is 13.2. The number of sulfonamides is 1. The van der Waals surface area contributed by atoms with Crippen molar-refractivity contribution in [3.05, 3.63) is 29.8 Å². The molecule has 1 aliphatic rings. The summed E-state index contributed by atoms with van der Waals surface area (Å²) < 4.78 is 25.4. The van der Waals surface area contributed by atoms with E-state index in [9.17, 15) is 8.42 Å². The molecule has 0 unspecified atom stereocenters. The lowest BCUT2D eigenvalue weighted by Gasteiger charge is -2.21. The van der Waals surface area contributed by atoms with Crippen LogP contribution in [0.2, 0.25) is 0 Å². The van der Waals surface area contributed by atoms with Crippen LogP contribution in [0.3, 0.4) is 0 Å². The second-order valence-corrected chi connectivity index (χ2v) is 6.31. The first kappa shape index (κ1) is 12.9. The SMILES string of the molecule is N#CCS(=O)(=O)N(Cc1ccccc1N)C1CC1. The Balaban J connectivity index is 2.23. The fraction of sp³-hybridized carbons (Fsp3) is 0.417. The predicted octanol–water partition coefficient (Wildman–Crippen LogP) is 1.09. The number of hydrogen-bond acceptors (Lipinski definition) is 4. The highest BCUT2D eigenvalue weighted by atomic mass is 32.2. The summed E-state index contributed by atoms with van der Waals surface area (Å²) in [4.78, 5) is 0. The molecule has 0 saturated heterocycles. The lowest BCUT2D eigenvalue weighted by atomic mass is 10.2. The van der Waals surface area contributed by atoms with Crippen molar-refractivity contribution in [2.45, 2.75) is 25.4 Å². The van der Waals surface area contributed by atoms with E-state index in [1.54, 1.807) is 12.1 Å². The van der Waals surface area contributed by atoms with Gasteiger partial charge >= 0.3 is 0 Å². The molecule has 0 amide bonds. The van der Waals surface area contributed by atoms with E-state index >= 15 is 0 Å². The molecule has 1 saturated carbocycles. The average molecular weight is 265 g/mol. The molecule has 2 N–H and O–H groups in total. The van der Waals surface area contributed by atoms with Crippen LogP contribution in [0.15, 0.2) is 24.3 Å². The predicted molar refractivity (Wildman–Crippen MR) is 68.8 cm³/mol. The van der Waals surface area contributed by atoms with E-state index in [-0.39, 0.29) is 12.6 Å². The van der Waals surface area contributed by atoms with E-state index in [4.69, 9.17) is 11.0 Å². The first-order valence-corrected chi connectivity index (χ1v) is 7.35. The van der Waals surface area contributed by atoms with Crippen molar-refractivity contribution < 1.29 is 8.42 Å².